The van der Waals surface area contributed by atoms with E-state index in [9.17, 15) is 9.59 Å². The number of hydrogen-bond donors (Lipinski definition) is 0. The minimum absolute atomic E-state index is 0.0233. The predicted molar refractivity (Wildman–Crippen MR) is 158 cm³/mol. The lowest BCUT2D eigenvalue weighted by atomic mass is 10.1. The molecular formula is C30H30F2N6O2S. The van der Waals surface area contributed by atoms with E-state index in [1.807, 2.05) is 25.7 Å². The second-order valence-corrected chi connectivity index (χ2v) is 11.0. The highest BCUT2D eigenvalue weighted by Gasteiger charge is 2.34. The monoisotopic (exact) mass is 576 g/mol. The molecule has 3 aromatic heterocycles. The number of benzene rings is 1. The van der Waals surface area contributed by atoms with Gasteiger partial charge in [-0.25, -0.2) is 23.1 Å². The summed E-state index contributed by atoms with van der Waals surface area (Å²) in [4.78, 5) is 43.9. The van der Waals surface area contributed by atoms with E-state index >= 15 is 8.78 Å². The SMILES string of the molecule is C=CC(=O)N1[C@H](C)CN(c2nc(=O)n(-c3c(C)ccnc3C)c3nc(-c4c(F)cccc4SC)c(F)cc23)C[C@@H]1C. The van der Waals surface area contributed by atoms with E-state index in [0.29, 0.717) is 34.8 Å². The van der Waals surface area contributed by atoms with Crippen molar-refractivity contribution >= 4 is 34.5 Å². The molecule has 0 N–H and O–H groups in total. The van der Waals surface area contributed by atoms with E-state index < -0.39 is 17.3 Å². The standard InChI is InChI=1S/C30H30F2N6O2S/c1-7-24(39)37-17(3)14-36(15-18(37)4)28-20-13-22(32)26(25-21(31)9-8-10-23(25)41-6)34-29(20)38(30(40)35-28)27-16(2)11-12-33-19(27)5/h7-13,17-18H,1,14-15H2,2-6H3/t17-,18+. The van der Waals surface area contributed by atoms with Crippen LogP contribution in [0.25, 0.3) is 28.0 Å². The van der Waals surface area contributed by atoms with Gasteiger partial charge in [0, 0.05) is 36.3 Å². The summed E-state index contributed by atoms with van der Waals surface area (Å²) in [5.41, 5.74) is 1.12. The second-order valence-electron chi connectivity index (χ2n) is 10.2. The minimum Gasteiger partial charge on any atom is -0.352 e. The summed E-state index contributed by atoms with van der Waals surface area (Å²) < 4.78 is 32.4. The Labute approximate surface area is 240 Å². The number of carbonyl (C=O) groups is 1. The summed E-state index contributed by atoms with van der Waals surface area (Å²) in [6, 6.07) is 7.08. The molecule has 2 atom stereocenters. The molecule has 1 aliphatic rings. The summed E-state index contributed by atoms with van der Waals surface area (Å²) in [7, 11) is 0. The molecule has 41 heavy (non-hydrogen) atoms. The lowest BCUT2D eigenvalue weighted by Gasteiger charge is -2.44. The zero-order chi connectivity index (χ0) is 29.6. The van der Waals surface area contributed by atoms with Gasteiger partial charge in [-0.05, 0) is 69.9 Å². The molecule has 1 fully saturated rings. The number of piperazine rings is 1. The van der Waals surface area contributed by atoms with Gasteiger partial charge < -0.3 is 9.80 Å². The summed E-state index contributed by atoms with van der Waals surface area (Å²) in [5.74, 6) is -1.30. The lowest BCUT2D eigenvalue weighted by Crippen LogP contribution is -2.58. The van der Waals surface area contributed by atoms with Gasteiger partial charge in [0.1, 0.15) is 17.3 Å². The highest BCUT2D eigenvalue weighted by atomic mass is 32.2. The van der Waals surface area contributed by atoms with Crippen molar-refractivity contribution in [2.75, 3.05) is 24.2 Å². The summed E-state index contributed by atoms with van der Waals surface area (Å²) >= 11 is 1.27. The van der Waals surface area contributed by atoms with Crippen LogP contribution in [0.5, 0.6) is 0 Å². The molecule has 1 aromatic carbocycles. The van der Waals surface area contributed by atoms with Crippen LogP contribution in [0, 0.1) is 25.5 Å². The number of hydrogen-bond acceptors (Lipinski definition) is 7. The number of aryl methyl sites for hydroxylation is 2. The van der Waals surface area contributed by atoms with Crippen molar-refractivity contribution in [3.8, 4) is 16.9 Å². The predicted octanol–water partition coefficient (Wildman–Crippen LogP) is 5.07. The molecule has 0 spiro atoms. The van der Waals surface area contributed by atoms with Crippen LogP contribution < -0.4 is 10.6 Å². The van der Waals surface area contributed by atoms with Gasteiger partial charge in [-0.15, -0.1) is 11.8 Å². The smallest absolute Gasteiger partial charge is 0.352 e. The third kappa shape index (κ3) is 4.88. The second kappa shape index (κ2) is 11.0. The Morgan fingerprint density at radius 1 is 1.10 bits per heavy atom. The molecule has 1 saturated heterocycles. The van der Waals surface area contributed by atoms with Gasteiger partial charge in [0.2, 0.25) is 5.91 Å². The van der Waals surface area contributed by atoms with Crippen molar-refractivity contribution in [1.82, 2.24) is 24.4 Å². The van der Waals surface area contributed by atoms with Crippen LogP contribution in [0.3, 0.4) is 0 Å². The number of thioether (sulfide) groups is 1. The fraction of sp³-hybridized carbons (Fsp3) is 0.300. The topological polar surface area (TPSA) is 84.2 Å². The van der Waals surface area contributed by atoms with E-state index in [1.54, 1.807) is 42.5 Å². The highest BCUT2D eigenvalue weighted by molar-refractivity contribution is 7.98. The minimum atomic E-state index is -0.743. The number of aromatic nitrogens is 4. The zero-order valence-electron chi connectivity index (χ0n) is 23.5. The van der Waals surface area contributed by atoms with Crippen molar-refractivity contribution < 1.29 is 13.6 Å². The molecule has 0 aliphatic carbocycles. The quantitative estimate of drug-likeness (QED) is 0.242. The maximum absolute atomic E-state index is 16.0. The number of halogens is 2. The normalized spacial score (nSPS) is 17.2. The van der Waals surface area contributed by atoms with Crippen LogP contribution in [-0.2, 0) is 4.79 Å². The molecule has 11 heteroatoms. The van der Waals surface area contributed by atoms with E-state index in [-0.39, 0.29) is 40.7 Å². The van der Waals surface area contributed by atoms with Gasteiger partial charge in [0.25, 0.3) is 0 Å². The zero-order valence-corrected chi connectivity index (χ0v) is 24.3. The van der Waals surface area contributed by atoms with Crippen LogP contribution in [-0.4, -0.2) is 61.8 Å². The summed E-state index contributed by atoms with van der Waals surface area (Å²) in [6.45, 7) is 11.7. The average Bonchev–Trinajstić information content (AvgIpc) is 2.93. The van der Waals surface area contributed by atoms with E-state index in [0.717, 1.165) is 5.56 Å². The molecule has 4 heterocycles. The number of rotatable bonds is 5. The molecule has 1 amide bonds. The van der Waals surface area contributed by atoms with Gasteiger partial charge in [0.15, 0.2) is 11.5 Å². The largest absolute Gasteiger partial charge is 0.355 e. The molecular weight excluding hydrogens is 546 g/mol. The van der Waals surface area contributed by atoms with Gasteiger partial charge in [-0.3, -0.25) is 9.78 Å². The van der Waals surface area contributed by atoms with E-state index in [2.05, 4.69) is 21.5 Å². The maximum atomic E-state index is 16.0. The Bertz CT molecular complexity index is 1730. The van der Waals surface area contributed by atoms with Crippen LogP contribution >= 0.6 is 11.8 Å². The number of nitrogens with zero attached hydrogens (tertiary/aromatic N) is 6. The third-order valence-corrected chi connectivity index (χ3v) is 8.19. The van der Waals surface area contributed by atoms with E-state index in [4.69, 9.17) is 0 Å². The Hall–Kier alpha value is -4.12. The van der Waals surface area contributed by atoms with Crippen molar-refractivity contribution in [2.45, 2.75) is 44.7 Å². The first-order chi connectivity index (χ1) is 19.6. The number of fused-ring (bicyclic) bond motifs is 1. The average molecular weight is 577 g/mol. The van der Waals surface area contributed by atoms with Crippen molar-refractivity contribution in [2.24, 2.45) is 0 Å². The highest BCUT2D eigenvalue weighted by Crippen LogP contribution is 2.36. The van der Waals surface area contributed by atoms with Gasteiger partial charge in [0.05, 0.1) is 22.3 Å². The first kappa shape index (κ1) is 28.4. The molecule has 1 aliphatic heterocycles. The van der Waals surface area contributed by atoms with Crippen molar-refractivity contribution in [3.63, 3.8) is 0 Å². The van der Waals surface area contributed by atoms with Crippen molar-refractivity contribution in [3.05, 3.63) is 82.6 Å². The summed E-state index contributed by atoms with van der Waals surface area (Å²) in [6.07, 6.45) is 4.69. The molecule has 0 saturated carbocycles. The van der Waals surface area contributed by atoms with Crippen molar-refractivity contribution in [1.29, 1.82) is 0 Å². The number of carbonyl (C=O) groups excluding carboxylic acids is 1. The molecule has 4 aromatic rings. The number of anilines is 1. The van der Waals surface area contributed by atoms with Crippen LogP contribution in [0.2, 0.25) is 0 Å². The Morgan fingerprint density at radius 2 is 1.80 bits per heavy atom. The Morgan fingerprint density at radius 3 is 2.44 bits per heavy atom. The number of amides is 1. The van der Waals surface area contributed by atoms with Gasteiger partial charge >= 0.3 is 5.69 Å². The molecule has 0 unspecified atom stereocenters. The van der Waals surface area contributed by atoms with Gasteiger partial charge in [-0.2, -0.15) is 4.98 Å². The summed E-state index contributed by atoms with van der Waals surface area (Å²) in [5, 5.41) is 0.290. The fourth-order valence-electron chi connectivity index (χ4n) is 5.69. The Kier molecular flexibility index (Phi) is 7.65. The molecule has 8 nitrogen and oxygen atoms in total. The number of pyridine rings is 2. The van der Waals surface area contributed by atoms with Crippen LogP contribution in [0.4, 0.5) is 14.6 Å². The van der Waals surface area contributed by atoms with E-state index in [1.165, 1.54) is 34.5 Å². The fourth-order valence-corrected chi connectivity index (χ4v) is 6.30. The molecule has 212 valence electrons. The maximum Gasteiger partial charge on any atom is 0.355 e. The van der Waals surface area contributed by atoms with Crippen LogP contribution in [0.1, 0.15) is 25.1 Å². The first-order valence-corrected chi connectivity index (χ1v) is 14.4. The van der Waals surface area contributed by atoms with Crippen LogP contribution in [0.15, 0.2) is 58.9 Å². The Balaban J connectivity index is 1.81. The lowest BCUT2D eigenvalue weighted by molar-refractivity contribution is -0.130. The third-order valence-electron chi connectivity index (χ3n) is 7.41. The molecule has 5 rings (SSSR count). The first-order valence-electron chi connectivity index (χ1n) is 13.2. The van der Waals surface area contributed by atoms with Gasteiger partial charge in [-0.1, -0.05) is 12.6 Å². The molecule has 0 radical (unpaired) electrons. The molecule has 0 bridgehead atoms.